The second-order valence-corrected chi connectivity index (χ2v) is 3.45. The number of halogens is 1. The second kappa shape index (κ2) is 3.62. The van der Waals surface area contributed by atoms with E-state index in [1.54, 1.807) is 0 Å². The molecular weight excluding hydrogens is 176 g/mol. The monoisotopic (exact) mass is 190 g/mol. The minimum absolute atomic E-state index is 0. The van der Waals surface area contributed by atoms with E-state index in [4.69, 9.17) is 0 Å². The average molecular weight is 191 g/mol. The summed E-state index contributed by atoms with van der Waals surface area (Å²) in [7, 11) is 0. The molecule has 4 heteroatoms. The molecule has 0 aromatic rings. The molecule has 1 saturated heterocycles. The van der Waals surface area contributed by atoms with Crippen molar-refractivity contribution in [1.82, 2.24) is 10.6 Å². The Morgan fingerprint density at radius 2 is 2.33 bits per heavy atom. The van der Waals surface area contributed by atoms with Gasteiger partial charge in [-0.3, -0.25) is 4.79 Å². The number of fused-ring (bicyclic) bond motifs is 1. The Balaban J connectivity index is 0.000000720. The molecule has 1 aliphatic heterocycles. The van der Waals surface area contributed by atoms with Gasteiger partial charge in [0, 0.05) is 12.6 Å². The van der Waals surface area contributed by atoms with E-state index < -0.39 is 0 Å². The first-order chi connectivity index (χ1) is 5.31. The van der Waals surface area contributed by atoms with Crippen LogP contribution in [0.2, 0.25) is 0 Å². The number of likely N-dealkylation sites (N-methyl/N-ethyl adjacent to an activating group) is 1. The molecule has 2 rings (SSSR count). The van der Waals surface area contributed by atoms with Crippen LogP contribution < -0.4 is 10.6 Å². The first-order valence-corrected chi connectivity index (χ1v) is 4.35. The highest BCUT2D eigenvalue weighted by Crippen LogP contribution is 2.40. The topological polar surface area (TPSA) is 41.1 Å². The lowest BCUT2D eigenvalue weighted by molar-refractivity contribution is -0.122. The van der Waals surface area contributed by atoms with Gasteiger partial charge >= 0.3 is 0 Å². The van der Waals surface area contributed by atoms with Crippen molar-refractivity contribution in [3.8, 4) is 0 Å². The molecule has 0 aromatic heterocycles. The van der Waals surface area contributed by atoms with Crippen LogP contribution in [-0.2, 0) is 4.79 Å². The Labute approximate surface area is 78.7 Å². The van der Waals surface area contributed by atoms with Gasteiger partial charge in [-0.15, -0.1) is 12.4 Å². The summed E-state index contributed by atoms with van der Waals surface area (Å²) in [5, 5.41) is 6.13. The maximum Gasteiger partial charge on any atom is 0.237 e. The summed E-state index contributed by atoms with van der Waals surface area (Å²) in [6, 6.07) is 0.779. The number of hydrogen-bond acceptors (Lipinski definition) is 2. The van der Waals surface area contributed by atoms with Crippen LogP contribution in [0.1, 0.15) is 19.8 Å². The molecule has 1 saturated carbocycles. The molecule has 0 radical (unpaired) electrons. The highest BCUT2D eigenvalue weighted by molar-refractivity contribution is 5.85. The molecule has 0 unspecified atom stereocenters. The van der Waals surface area contributed by atoms with Gasteiger partial charge in [-0.1, -0.05) is 0 Å². The summed E-state index contributed by atoms with van der Waals surface area (Å²) >= 11 is 0. The minimum atomic E-state index is 0. The van der Waals surface area contributed by atoms with E-state index >= 15 is 0 Å². The molecule has 2 aliphatic rings. The van der Waals surface area contributed by atoms with E-state index in [1.165, 1.54) is 6.42 Å². The van der Waals surface area contributed by atoms with Gasteiger partial charge in [0.25, 0.3) is 0 Å². The molecule has 1 amide bonds. The molecular formula is C8H15ClN2O. The van der Waals surface area contributed by atoms with E-state index in [9.17, 15) is 4.79 Å². The number of hydrogen-bond donors (Lipinski definition) is 2. The number of piperidine rings is 1. The van der Waals surface area contributed by atoms with Crippen LogP contribution >= 0.6 is 12.4 Å². The molecule has 70 valence electrons. The summed E-state index contributed by atoms with van der Waals surface area (Å²) in [5.41, 5.74) is 0. The third-order valence-corrected chi connectivity index (χ3v) is 2.54. The van der Waals surface area contributed by atoms with Gasteiger partial charge in [0.15, 0.2) is 0 Å². The van der Waals surface area contributed by atoms with E-state index in [0.717, 1.165) is 18.9 Å². The molecule has 1 aliphatic carbocycles. The smallest absolute Gasteiger partial charge is 0.237 e. The van der Waals surface area contributed by atoms with Crippen molar-refractivity contribution < 1.29 is 4.79 Å². The molecule has 2 fully saturated rings. The van der Waals surface area contributed by atoms with Gasteiger partial charge in [-0.05, 0) is 25.7 Å². The SMILES string of the molecule is CCNC(=O)[C@@H]1C[C@@H]2C[C@@H]2N1.Cl. The lowest BCUT2D eigenvalue weighted by atomic mass is 10.2. The summed E-state index contributed by atoms with van der Waals surface area (Å²) in [4.78, 5) is 11.2. The van der Waals surface area contributed by atoms with Crippen LogP contribution in [0.5, 0.6) is 0 Å². The van der Waals surface area contributed by atoms with Crippen molar-refractivity contribution >= 4 is 18.3 Å². The zero-order chi connectivity index (χ0) is 7.84. The van der Waals surface area contributed by atoms with Gasteiger partial charge in [-0.2, -0.15) is 0 Å². The van der Waals surface area contributed by atoms with E-state index in [2.05, 4.69) is 10.6 Å². The summed E-state index contributed by atoms with van der Waals surface area (Å²) in [6.07, 6.45) is 2.34. The van der Waals surface area contributed by atoms with Crippen LogP contribution in [0, 0.1) is 5.92 Å². The highest BCUT2D eigenvalue weighted by Gasteiger charge is 2.47. The molecule has 12 heavy (non-hydrogen) atoms. The summed E-state index contributed by atoms with van der Waals surface area (Å²) in [6.45, 7) is 2.69. The normalized spacial score (nSPS) is 36.6. The maximum absolute atomic E-state index is 11.2. The molecule has 2 N–H and O–H groups in total. The summed E-state index contributed by atoms with van der Waals surface area (Å²) < 4.78 is 0. The second-order valence-electron chi connectivity index (χ2n) is 3.45. The Hall–Kier alpha value is -0.280. The minimum Gasteiger partial charge on any atom is -0.355 e. The highest BCUT2D eigenvalue weighted by atomic mass is 35.5. The first kappa shape index (κ1) is 9.81. The number of amides is 1. The largest absolute Gasteiger partial charge is 0.355 e. The first-order valence-electron chi connectivity index (χ1n) is 4.35. The fourth-order valence-electron chi connectivity index (χ4n) is 1.82. The van der Waals surface area contributed by atoms with Crippen molar-refractivity contribution in [2.24, 2.45) is 5.92 Å². The van der Waals surface area contributed by atoms with Gasteiger partial charge in [-0.25, -0.2) is 0 Å². The zero-order valence-electron chi connectivity index (χ0n) is 7.17. The number of nitrogens with one attached hydrogen (secondary N) is 2. The Morgan fingerprint density at radius 3 is 2.83 bits per heavy atom. The van der Waals surface area contributed by atoms with Crippen LogP contribution in [-0.4, -0.2) is 24.5 Å². The molecule has 0 aromatic carbocycles. The Kier molecular flexibility index (Phi) is 2.96. The Morgan fingerprint density at radius 1 is 1.58 bits per heavy atom. The third kappa shape index (κ3) is 1.72. The van der Waals surface area contributed by atoms with Crippen LogP contribution in [0.3, 0.4) is 0 Å². The number of carbonyl (C=O) groups is 1. The average Bonchev–Trinajstić information content (AvgIpc) is 2.59. The van der Waals surface area contributed by atoms with Crippen molar-refractivity contribution in [2.75, 3.05) is 6.54 Å². The Bertz CT molecular complexity index is 176. The van der Waals surface area contributed by atoms with E-state index in [1.807, 2.05) is 6.92 Å². The summed E-state index contributed by atoms with van der Waals surface area (Å²) in [5.74, 6) is 0.988. The van der Waals surface area contributed by atoms with Crippen LogP contribution in [0.25, 0.3) is 0 Å². The van der Waals surface area contributed by atoms with Crippen molar-refractivity contribution in [2.45, 2.75) is 31.8 Å². The quantitative estimate of drug-likeness (QED) is 0.658. The lowest BCUT2D eigenvalue weighted by Gasteiger charge is -2.11. The lowest BCUT2D eigenvalue weighted by Crippen LogP contribution is -2.42. The van der Waals surface area contributed by atoms with Gasteiger partial charge in [0.1, 0.15) is 0 Å². The standard InChI is InChI=1S/C8H14N2O.ClH/c1-2-9-8(11)7-4-5-3-6(5)10-7;/h5-7,10H,2-4H2,1H3,(H,9,11);1H/t5-,6-,7-;/m0./s1. The fourth-order valence-corrected chi connectivity index (χ4v) is 1.82. The fraction of sp³-hybridized carbons (Fsp3) is 0.875. The van der Waals surface area contributed by atoms with Crippen LogP contribution in [0.15, 0.2) is 0 Å². The van der Waals surface area contributed by atoms with Crippen molar-refractivity contribution in [1.29, 1.82) is 0 Å². The van der Waals surface area contributed by atoms with Gasteiger partial charge in [0.2, 0.25) is 5.91 Å². The van der Waals surface area contributed by atoms with Crippen molar-refractivity contribution in [3.63, 3.8) is 0 Å². The molecule has 3 nitrogen and oxygen atoms in total. The van der Waals surface area contributed by atoms with Crippen LogP contribution in [0.4, 0.5) is 0 Å². The molecule has 0 spiro atoms. The molecule has 1 heterocycles. The van der Waals surface area contributed by atoms with Gasteiger partial charge < -0.3 is 10.6 Å². The molecule has 3 atom stereocenters. The van der Waals surface area contributed by atoms with E-state index in [-0.39, 0.29) is 24.4 Å². The predicted molar refractivity (Wildman–Crippen MR) is 49.4 cm³/mol. The number of carbonyl (C=O) groups excluding carboxylic acids is 1. The van der Waals surface area contributed by atoms with Gasteiger partial charge in [0.05, 0.1) is 6.04 Å². The van der Waals surface area contributed by atoms with E-state index in [0.29, 0.717) is 6.04 Å². The third-order valence-electron chi connectivity index (χ3n) is 2.54. The van der Waals surface area contributed by atoms with Crippen molar-refractivity contribution in [3.05, 3.63) is 0 Å². The molecule has 0 bridgehead atoms. The number of rotatable bonds is 2. The maximum atomic E-state index is 11.2. The zero-order valence-corrected chi connectivity index (χ0v) is 7.99. The predicted octanol–water partition coefficient (Wildman–Crippen LogP) is 0.295.